The first-order valence-electron chi connectivity index (χ1n) is 7.66. The van der Waals surface area contributed by atoms with Crippen LogP contribution >= 0.6 is 0 Å². The summed E-state index contributed by atoms with van der Waals surface area (Å²) < 4.78 is 0. The van der Waals surface area contributed by atoms with Crippen molar-refractivity contribution in [2.75, 3.05) is 11.9 Å². The highest BCUT2D eigenvalue weighted by atomic mass is 16.1. The second-order valence-corrected chi connectivity index (χ2v) is 6.13. The van der Waals surface area contributed by atoms with Crippen LogP contribution in [0.5, 0.6) is 0 Å². The van der Waals surface area contributed by atoms with Crippen LogP contribution in [-0.4, -0.2) is 18.2 Å². The van der Waals surface area contributed by atoms with Crippen LogP contribution < -0.4 is 11.1 Å². The van der Waals surface area contributed by atoms with Crippen LogP contribution in [0.2, 0.25) is 0 Å². The fraction of sp³-hybridized carbons (Fsp3) is 0.529. The molecule has 0 saturated heterocycles. The summed E-state index contributed by atoms with van der Waals surface area (Å²) in [5.74, 6) is -0.0140. The Labute approximate surface area is 126 Å². The number of Topliss-reactive ketones (excluding diaryl/α,β-unsaturated/α-hetero) is 1. The Kier molecular flexibility index (Phi) is 5.12. The second kappa shape index (κ2) is 6.85. The summed E-state index contributed by atoms with van der Waals surface area (Å²) >= 11 is 0. The molecule has 1 aliphatic rings. The van der Waals surface area contributed by atoms with Crippen molar-refractivity contribution in [3.8, 4) is 0 Å². The van der Waals surface area contributed by atoms with Crippen LogP contribution in [0.3, 0.4) is 0 Å². The highest BCUT2D eigenvalue weighted by molar-refractivity contribution is 5.97. The number of nitrogens with two attached hydrogens (primary N) is 1. The number of rotatable bonds is 5. The van der Waals surface area contributed by atoms with Crippen molar-refractivity contribution in [2.24, 2.45) is 11.1 Å². The molecule has 21 heavy (non-hydrogen) atoms. The van der Waals surface area contributed by atoms with Crippen molar-refractivity contribution in [1.82, 2.24) is 0 Å². The molecular weight excluding hydrogens is 264 g/mol. The summed E-state index contributed by atoms with van der Waals surface area (Å²) in [7, 11) is 0. The molecule has 0 unspecified atom stereocenters. The van der Waals surface area contributed by atoms with Crippen LogP contribution in [0.25, 0.3) is 0 Å². The fourth-order valence-electron chi connectivity index (χ4n) is 3.12. The molecule has 2 rings (SSSR count). The fourth-order valence-corrected chi connectivity index (χ4v) is 3.12. The molecule has 1 aromatic rings. The SMILES string of the molecule is CC(=O)c1cccc(NC(=O)CC2(CN)CCCCC2)c1. The minimum atomic E-state index is -0.0412. The van der Waals surface area contributed by atoms with Crippen LogP contribution in [0.15, 0.2) is 24.3 Å². The molecule has 1 aliphatic carbocycles. The van der Waals surface area contributed by atoms with Gasteiger partial charge in [0.25, 0.3) is 0 Å². The number of benzene rings is 1. The average molecular weight is 288 g/mol. The van der Waals surface area contributed by atoms with Gasteiger partial charge in [0, 0.05) is 17.7 Å². The molecule has 3 N–H and O–H groups in total. The van der Waals surface area contributed by atoms with Gasteiger partial charge in [-0.25, -0.2) is 0 Å². The van der Waals surface area contributed by atoms with Gasteiger partial charge >= 0.3 is 0 Å². The van der Waals surface area contributed by atoms with E-state index >= 15 is 0 Å². The number of hydrogen-bond donors (Lipinski definition) is 2. The summed E-state index contributed by atoms with van der Waals surface area (Å²) in [6, 6.07) is 7.06. The molecule has 1 aromatic carbocycles. The van der Waals surface area contributed by atoms with Gasteiger partial charge in [-0.3, -0.25) is 9.59 Å². The van der Waals surface area contributed by atoms with Crippen LogP contribution in [0.4, 0.5) is 5.69 Å². The highest BCUT2D eigenvalue weighted by Crippen LogP contribution is 2.38. The van der Waals surface area contributed by atoms with E-state index in [0.717, 1.165) is 25.7 Å². The van der Waals surface area contributed by atoms with Crippen molar-refractivity contribution in [1.29, 1.82) is 0 Å². The van der Waals surface area contributed by atoms with Crippen LogP contribution in [0.1, 0.15) is 55.8 Å². The molecule has 1 fully saturated rings. The molecule has 0 spiro atoms. The predicted molar refractivity (Wildman–Crippen MR) is 84.3 cm³/mol. The molecule has 0 radical (unpaired) electrons. The lowest BCUT2D eigenvalue weighted by atomic mass is 9.71. The van der Waals surface area contributed by atoms with E-state index in [-0.39, 0.29) is 17.1 Å². The Balaban J connectivity index is 2.00. The molecule has 4 heteroatoms. The zero-order chi connectivity index (χ0) is 15.3. The third kappa shape index (κ3) is 4.14. The van der Waals surface area contributed by atoms with Crippen molar-refractivity contribution >= 4 is 17.4 Å². The Morgan fingerprint density at radius 2 is 1.95 bits per heavy atom. The Hall–Kier alpha value is -1.68. The third-order valence-electron chi connectivity index (χ3n) is 4.44. The van der Waals surface area contributed by atoms with Gasteiger partial charge in [-0.2, -0.15) is 0 Å². The van der Waals surface area contributed by atoms with E-state index in [1.807, 2.05) is 0 Å². The van der Waals surface area contributed by atoms with Gasteiger partial charge in [0.05, 0.1) is 0 Å². The van der Waals surface area contributed by atoms with E-state index in [2.05, 4.69) is 5.32 Å². The average Bonchev–Trinajstić information content (AvgIpc) is 2.48. The standard InChI is InChI=1S/C17H24N2O2/c1-13(20)14-6-5-7-15(10-14)19-16(21)11-17(12-18)8-3-2-4-9-17/h5-7,10H,2-4,8-9,11-12,18H2,1H3,(H,19,21). The molecule has 4 nitrogen and oxygen atoms in total. The Morgan fingerprint density at radius 3 is 2.57 bits per heavy atom. The number of anilines is 1. The van der Waals surface area contributed by atoms with E-state index in [9.17, 15) is 9.59 Å². The first kappa shape index (κ1) is 15.7. The van der Waals surface area contributed by atoms with Gasteiger partial charge in [-0.05, 0) is 43.9 Å². The Morgan fingerprint density at radius 1 is 1.24 bits per heavy atom. The lowest BCUT2D eigenvalue weighted by Crippen LogP contribution is -2.36. The molecule has 0 heterocycles. The Bertz CT molecular complexity index is 519. The van der Waals surface area contributed by atoms with Gasteiger partial charge in [-0.15, -0.1) is 0 Å². The van der Waals surface area contributed by atoms with Crippen molar-refractivity contribution < 1.29 is 9.59 Å². The maximum absolute atomic E-state index is 12.3. The summed E-state index contributed by atoms with van der Waals surface area (Å²) in [4.78, 5) is 23.6. The molecule has 1 saturated carbocycles. The van der Waals surface area contributed by atoms with Crippen molar-refractivity contribution in [3.63, 3.8) is 0 Å². The number of ketones is 1. The predicted octanol–water partition coefficient (Wildman–Crippen LogP) is 3.13. The molecule has 114 valence electrons. The minimum Gasteiger partial charge on any atom is -0.330 e. The quantitative estimate of drug-likeness (QED) is 0.818. The number of hydrogen-bond acceptors (Lipinski definition) is 3. The first-order valence-corrected chi connectivity index (χ1v) is 7.66. The minimum absolute atomic E-state index is 0.00296. The molecule has 0 aliphatic heterocycles. The zero-order valence-electron chi connectivity index (χ0n) is 12.7. The van der Waals surface area contributed by atoms with Crippen LogP contribution in [0, 0.1) is 5.41 Å². The molecular formula is C17H24N2O2. The van der Waals surface area contributed by atoms with Crippen molar-refractivity contribution in [2.45, 2.75) is 45.4 Å². The summed E-state index contributed by atoms with van der Waals surface area (Å²) in [5, 5.41) is 2.90. The maximum Gasteiger partial charge on any atom is 0.224 e. The summed E-state index contributed by atoms with van der Waals surface area (Å²) in [6.07, 6.45) is 6.08. The van der Waals surface area contributed by atoms with Crippen LogP contribution in [-0.2, 0) is 4.79 Å². The van der Waals surface area contributed by atoms with Gasteiger partial charge < -0.3 is 11.1 Å². The lowest BCUT2D eigenvalue weighted by molar-refractivity contribution is -0.118. The van der Waals surface area contributed by atoms with E-state index in [0.29, 0.717) is 24.2 Å². The first-order chi connectivity index (χ1) is 10.0. The number of nitrogens with one attached hydrogen (secondary N) is 1. The summed E-state index contributed by atoms with van der Waals surface area (Å²) in [6.45, 7) is 2.08. The topological polar surface area (TPSA) is 72.2 Å². The largest absolute Gasteiger partial charge is 0.330 e. The van der Waals surface area contributed by atoms with Gasteiger partial charge in [0.15, 0.2) is 5.78 Å². The molecule has 0 atom stereocenters. The van der Waals surface area contributed by atoms with Crippen molar-refractivity contribution in [3.05, 3.63) is 29.8 Å². The molecule has 0 bridgehead atoms. The van der Waals surface area contributed by atoms with Gasteiger partial charge in [0.1, 0.15) is 0 Å². The normalized spacial score (nSPS) is 17.2. The van der Waals surface area contributed by atoms with E-state index in [1.54, 1.807) is 24.3 Å². The smallest absolute Gasteiger partial charge is 0.224 e. The van der Waals surface area contributed by atoms with E-state index in [1.165, 1.54) is 13.3 Å². The maximum atomic E-state index is 12.3. The van der Waals surface area contributed by atoms with Gasteiger partial charge in [-0.1, -0.05) is 31.4 Å². The van der Waals surface area contributed by atoms with E-state index in [4.69, 9.17) is 5.73 Å². The number of carbonyl (C=O) groups is 2. The zero-order valence-corrected chi connectivity index (χ0v) is 12.7. The lowest BCUT2D eigenvalue weighted by Gasteiger charge is -2.35. The third-order valence-corrected chi connectivity index (χ3v) is 4.44. The van der Waals surface area contributed by atoms with Gasteiger partial charge in [0.2, 0.25) is 5.91 Å². The number of carbonyl (C=O) groups excluding carboxylic acids is 2. The highest BCUT2D eigenvalue weighted by Gasteiger charge is 2.32. The number of amides is 1. The molecule has 1 amide bonds. The second-order valence-electron chi connectivity index (χ2n) is 6.13. The molecule has 0 aromatic heterocycles. The van der Waals surface area contributed by atoms with E-state index < -0.39 is 0 Å². The monoisotopic (exact) mass is 288 g/mol. The summed E-state index contributed by atoms with van der Waals surface area (Å²) in [5.41, 5.74) is 7.16.